The molecular weight excluding hydrogens is 300 g/mol. The van der Waals surface area contributed by atoms with Crippen molar-refractivity contribution in [3.8, 4) is 28.8 Å². The fraction of sp³-hybridized carbons (Fsp3) is 0.250. The van der Waals surface area contributed by atoms with Crippen molar-refractivity contribution in [2.75, 3.05) is 14.2 Å². The number of benzene rings is 2. The van der Waals surface area contributed by atoms with Gasteiger partial charge in [0.05, 0.1) is 31.0 Å². The molecule has 4 heteroatoms. The van der Waals surface area contributed by atoms with Crippen molar-refractivity contribution in [2.45, 2.75) is 20.4 Å². The van der Waals surface area contributed by atoms with Crippen LogP contribution in [0.5, 0.6) is 11.5 Å². The molecule has 0 radical (unpaired) electrons. The highest BCUT2D eigenvalue weighted by molar-refractivity contribution is 5.95. The number of aryl methyl sites for hydroxylation is 2. The van der Waals surface area contributed by atoms with Crippen LogP contribution in [0.15, 0.2) is 36.4 Å². The van der Waals surface area contributed by atoms with Crippen LogP contribution < -0.4 is 9.47 Å². The van der Waals surface area contributed by atoms with Crippen LogP contribution in [0.1, 0.15) is 18.1 Å². The molecule has 1 aromatic heterocycles. The van der Waals surface area contributed by atoms with Gasteiger partial charge in [0.1, 0.15) is 17.6 Å². The number of rotatable bonds is 4. The van der Waals surface area contributed by atoms with Crippen LogP contribution in [0.3, 0.4) is 0 Å². The highest BCUT2D eigenvalue weighted by Crippen LogP contribution is 2.37. The third-order valence-corrected chi connectivity index (χ3v) is 4.39. The van der Waals surface area contributed by atoms with E-state index in [-0.39, 0.29) is 0 Å². The lowest BCUT2D eigenvalue weighted by atomic mass is 10.0. The summed E-state index contributed by atoms with van der Waals surface area (Å²) in [6.07, 6.45) is 0. The van der Waals surface area contributed by atoms with E-state index in [9.17, 15) is 5.26 Å². The first kappa shape index (κ1) is 15.9. The molecule has 24 heavy (non-hydrogen) atoms. The van der Waals surface area contributed by atoms with E-state index in [1.54, 1.807) is 14.2 Å². The van der Waals surface area contributed by atoms with E-state index >= 15 is 0 Å². The lowest BCUT2D eigenvalue weighted by Gasteiger charge is -2.12. The fourth-order valence-corrected chi connectivity index (χ4v) is 3.21. The first-order valence-corrected chi connectivity index (χ1v) is 7.89. The number of nitriles is 1. The lowest BCUT2D eigenvalue weighted by Crippen LogP contribution is -1.99. The van der Waals surface area contributed by atoms with Gasteiger partial charge in [-0.1, -0.05) is 0 Å². The molecule has 0 saturated heterocycles. The van der Waals surface area contributed by atoms with Crippen molar-refractivity contribution >= 4 is 10.9 Å². The van der Waals surface area contributed by atoms with Gasteiger partial charge < -0.3 is 14.0 Å². The van der Waals surface area contributed by atoms with E-state index in [0.29, 0.717) is 5.56 Å². The van der Waals surface area contributed by atoms with Gasteiger partial charge in [-0.15, -0.1) is 0 Å². The molecule has 3 rings (SSSR count). The van der Waals surface area contributed by atoms with Crippen molar-refractivity contribution in [1.82, 2.24) is 4.57 Å². The van der Waals surface area contributed by atoms with E-state index in [1.807, 2.05) is 43.3 Å². The SMILES string of the molecule is CCn1c(-c2ccc(OC)cc2C)c(C#N)c2ccc(OC)cc21. The number of ether oxygens (including phenoxy) is 2. The van der Waals surface area contributed by atoms with Crippen LogP contribution in [0.2, 0.25) is 0 Å². The summed E-state index contributed by atoms with van der Waals surface area (Å²) in [5.41, 5.74) is 4.78. The van der Waals surface area contributed by atoms with Crippen LogP contribution >= 0.6 is 0 Å². The van der Waals surface area contributed by atoms with Crippen LogP contribution in [0.4, 0.5) is 0 Å². The summed E-state index contributed by atoms with van der Waals surface area (Å²) in [5, 5.41) is 10.7. The van der Waals surface area contributed by atoms with Gasteiger partial charge in [-0.3, -0.25) is 0 Å². The molecule has 0 unspecified atom stereocenters. The van der Waals surface area contributed by atoms with Gasteiger partial charge in [-0.25, -0.2) is 0 Å². The largest absolute Gasteiger partial charge is 0.497 e. The highest BCUT2D eigenvalue weighted by atomic mass is 16.5. The normalized spacial score (nSPS) is 10.6. The molecular formula is C20H20N2O2. The summed E-state index contributed by atoms with van der Waals surface area (Å²) >= 11 is 0. The Balaban J connectivity index is 2.37. The molecule has 0 aliphatic heterocycles. The topological polar surface area (TPSA) is 47.2 Å². The van der Waals surface area contributed by atoms with Crippen LogP contribution in [0, 0.1) is 18.3 Å². The molecule has 0 fully saturated rings. The molecule has 4 nitrogen and oxygen atoms in total. The summed E-state index contributed by atoms with van der Waals surface area (Å²) in [5.74, 6) is 1.60. The van der Waals surface area contributed by atoms with Gasteiger partial charge in [-0.05, 0) is 49.7 Å². The van der Waals surface area contributed by atoms with E-state index in [4.69, 9.17) is 9.47 Å². The van der Waals surface area contributed by atoms with Gasteiger partial charge >= 0.3 is 0 Å². The van der Waals surface area contributed by atoms with Gasteiger partial charge in [0.25, 0.3) is 0 Å². The summed E-state index contributed by atoms with van der Waals surface area (Å²) in [6, 6.07) is 14.2. The fourth-order valence-electron chi connectivity index (χ4n) is 3.21. The molecule has 0 spiro atoms. The molecule has 1 heterocycles. The Labute approximate surface area is 141 Å². The Hall–Kier alpha value is -2.93. The Bertz CT molecular complexity index is 948. The summed E-state index contributed by atoms with van der Waals surface area (Å²) < 4.78 is 12.8. The predicted molar refractivity (Wildman–Crippen MR) is 95.6 cm³/mol. The van der Waals surface area contributed by atoms with Crippen molar-refractivity contribution in [1.29, 1.82) is 5.26 Å². The standard InChI is InChI=1S/C20H20N2O2/c1-5-22-19-11-15(24-4)7-9-17(19)18(12-21)20(22)16-8-6-14(23-3)10-13(16)2/h6-11H,5H2,1-4H3. The number of aromatic nitrogens is 1. The van der Waals surface area contributed by atoms with Gasteiger partial charge in [0.15, 0.2) is 0 Å². The zero-order chi connectivity index (χ0) is 17.3. The minimum absolute atomic E-state index is 0.697. The third-order valence-electron chi connectivity index (χ3n) is 4.39. The van der Waals surface area contributed by atoms with Gasteiger partial charge in [0.2, 0.25) is 0 Å². The number of hydrogen-bond donors (Lipinski definition) is 0. The maximum Gasteiger partial charge on any atom is 0.120 e. The molecule has 0 aliphatic rings. The smallest absolute Gasteiger partial charge is 0.120 e. The molecule has 0 N–H and O–H groups in total. The molecule has 2 aromatic carbocycles. The maximum atomic E-state index is 9.79. The highest BCUT2D eigenvalue weighted by Gasteiger charge is 2.19. The minimum atomic E-state index is 0.697. The van der Waals surface area contributed by atoms with Crippen LogP contribution in [0.25, 0.3) is 22.2 Å². The monoisotopic (exact) mass is 320 g/mol. The Morgan fingerprint density at radius 1 is 1.04 bits per heavy atom. The Morgan fingerprint density at radius 3 is 2.29 bits per heavy atom. The quantitative estimate of drug-likeness (QED) is 0.710. The number of nitrogens with zero attached hydrogens (tertiary/aromatic N) is 2. The average Bonchev–Trinajstić information content (AvgIpc) is 2.93. The predicted octanol–water partition coefficient (Wildman–Crippen LogP) is 4.53. The van der Waals surface area contributed by atoms with Gasteiger partial charge in [0, 0.05) is 23.6 Å². The minimum Gasteiger partial charge on any atom is -0.497 e. The molecule has 0 amide bonds. The van der Waals surface area contributed by atoms with Crippen molar-refractivity contribution in [3.05, 3.63) is 47.5 Å². The second kappa shape index (κ2) is 6.29. The average molecular weight is 320 g/mol. The molecule has 0 aliphatic carbocycles. The zero-order valence-corrected chi connectivity index (χ0v) is 14.4. The van der Waals surface area contributed by atoms with E-state index in [2.05, 4.69) is 17.6 Å². The molecule has 0 atom stereocenters. The number of methoxy groups -OCH3 is 2. The first-order valence-electron chi connectivity index (χ1n) is 7.89. The van der Waals surface area contributed by atoms with Crippen molar-refractivity contribution < 1.29 is 9.47 Å². The van der Waals surface area contributed by atoms with E-state index < -0.39 is 0 Å². The van der Waals surface area contributed by atoms with Gasteiger partial charge in [-0.2, -0.15) is 5.26 Å². The van der Waals surface area contributed by atoms with Crippen molar-refractivity contribution in [3.63, 3.8) is 0 Å². The molecule has 0 saturated carbocycles. The Kier molecular flexibility index (Phi) is 4.18. The molecule has 122 valence electrons. The third kappa shape index (κ3) is 2.39. The molecule has 3 aromatic rings. The van der Waals surface area contributed by atoms with Crippen LogP contribution in [-0.4, -0.2) is 18.8 Å². The van der Waals surface area contributed by atoms with Crippen molar-refractivity contribution in [2.24, 2.45) is 0 Å². The maximum absolute atomic E-state index is 9.79. The second-order valence-corrected chi connectivity index (χ2v) is 5.64. The lowest BCUT2D eigenvalue weighted by molar-refractivity contribution is 0.414. The van der Waals surface area contributed by atoms with E-state index in [0.717, 1.165) is 45.8 Å². The Morgan fingerprint density at radius 2 is 1.71 bits per heavy atom. The summed E-state index contributed by atoms with van der Waals surface area (Å²) in [4.78, 5) is 0. The first-order chi connectivity index (χ1) is 11.6. The summed E-state index contributed by atoms with van der Waals surface area (Å²) in [6.45, 7) is 4.89. The van der Waals surface area contributed by atoms with E-state index in [1.165, 1.54) is 0 Å². The molecule has 0 bridgehead atoms. The second-order valence-electron chi connectivity index (χ2n) is 5.64. The number of fused-ring (bicyclic) bond motifs is 1. The zero-order valence-electron chi connectivity index (χ0n) is 14.4. The number of hydrogen-bond acceptors (Lipinski definition) is 3. The van der Waals surface area contributed by atoms with Crippen LogP contribution in [-0.2, 0) is 6.54 Å². The summed E-state index contributed by atoms with van der Waals surface area (Å²) in [7, 11) is 3.31.